The number of carboxylic acids is 1. The molecule has 0 spiro atoms. The molecule has 11 nitrogen and oxygen atoms in total. The van der Waals surface area contributed by atoms with Crippen LogP contribution in [0.5, 0.6) is 0 Å². The summed E-state index contributed by atoms with van der Waals surface area (Å²) in [5, 5.41) is 19.7. The molecule has 0 aliphatic rings. The van der Waals surface area contributed by atoms with Gasteiger partial charge in [0.1, 0.15) is 12.6 Å². The Labute approximate surface area is 129 Å². The number of amides is 1. The van der Waals surface area contributed by atoms with Crippen molar-refractivity contribution >= 4 is 29.4 Å². The van der Waals surface area contributed by atoms with E-state index in [9.17, 15) is 24.5 Å². The highest BCUT2D eigenvalue weighted by atomic mass is 32.2. The van der Waals surface area contributed by atoms with Crippen LogP contribution in [-0.4, -0.2) is 71.8 Å². The second-order valence-corrected chi connectivity index (χ2v) is 4.84. The molecular weight excluding hydrogens is 322 g/mol. The molecule has 0 heterocycles. The van der Waals surface area contributed by atoms with Gasteiger partial charge in [-0.3, -0.25) is 14.4 Å². The van der Waals surface area contributed by atoms with Gasteiger partial charge in [-0.1, -0.05) is 0 Å². The van der Waals surface area contributed by atoms with Crippen LogP contribution in [0.25, 0.3) is 0 Å². The van der Waals surface area contributed by atoms with E-state index in [1.807, 2.05) is 0 Å². The van der Waals surface area contributed by atoms with Crippen LogP contribution in [0.1, 0.15) is 0 Å². The van der Waals surface area contributed by atoms with E-state index < -0.39 is 28.8 Å². The molecule has 126 valence electrons. The number of hydrogen-bond donors (Lipinski definition) is 3. The van der Waals surface area contributed by atoms with Gasteiger partial charge in [-0.25, -0.2) is 0 Å². The highest BCUT2D eigenvalue weighted by molar-refractivity contribution is 8.00. The van der Waals surface area contributed by atoms with Crippen molar-refractivity contribution in [1.82, 2.24) is 5.32 Å². The third kappa shape index (κ3) is 10.8. The third-order valence-electron chi connectivity index (χ3n) is 2.06. The third-order valence-corrected chi connectivity index (χ3v) is 3.12. The lowest BCUT2D eigenvalue weighted by atomic mass is 10.4. The van der Waals surface area contributed by atoms with E-state index in [0.717, 1.165) is 11.8 Å². The minimum atomic E-state index is -1.18. The molecule has 0 aromatic rings. The first-order chi connectivity index (χ1) is 10.3. The molecule has 0 radical (unpaired) electrons. The lowest BCUT2D eigenvalue weighted by molar-refractivity contribution is -0.758. The number of ether oxygens (including phenoxy) is 1. The van der Waals surface area contributed by atoms with Crippen LogP contribution in [0.3, 0.4) is 0 Å². The van der Waals surface area contributed by atoms with Crippen molar-refractivity contribution in [2.75, 3.05) is 37.9 Å². The molecule has 12 heteroatoms. The van der Waals surface area contributed by atoms with E-state index in [0.29, 0.717) is 0 Å². The molecule has 4 N–H and O–H groups in total. The summed E-state index contributed by atoms with van der Waals surface area (Å²) >= 11 is 0.951. The lowest BCUT2D eigenvalue weighted by Gasteiger charge is -2.07. The van der Waals surface area contributed by atoms with Crippen molar-refractivity contribution in [3.63, 3.8) is 0 Å². The summed E-state index contributed by atoms with van der Waals surface area (Å²) in [5.74, 6) is -2.86. The molecule has 1 atom stereocenters. The van der Waals surface area contributed by atoms with Crippen molar-refractivity contribution in [3.8, 4) is 0 Å². The smallest absolute Gasteiger partial charge is 0.321 e. The summed E-state index contributed by atoms with van der Waals surface area (Å²) in [6, 6.07) is -1.09. The standard InChI is InChI=1S/C10H17N3O8S/c11-7(10(16)17)5-22-6-8(14)9(15)12-1-2-20-3-4-21-13(18)19/h7H,1-6,11H2,(H,12,15)(H,16,17)/t7-/m0/s1. The van der Waals surface area contributed by atoms with Gasteiger partial charge < -0.3 is 25.7 Å². The summed E-state index contributed by atoms with van der Waals surface area (Å²) in [6.07, 6.45) is 0. The Balaban J connectivity index is 3.60. The fourth-order valence-electron chi connectivity index (χ4n) is 1.02. The molecule has 0 fully saturated rings. The maximum atomic E-state index is 11.4. The molecule has 0 bridgehead atoms. The van der Waals surface area contributed by atoms with Gasteiger partial charge in [-0.2, -0.15) is 11.8 Å². The van der Waals surface area contributed by atoms with E-state index >= 15 is 0 Å². The molecular formula is C10H17N3O8S. The molecule has 0 aromatic heterocycles. The largest absolute Gasteiger partial charge is 0.480 e. The Morgan fingerprint density at radius 2 is 2.00 bits per heavy atom. The van der Waals surface area contributed by atoms with Crippen LogP contribution >= 0.6 is 11.8 Å². The van der Waals surface area contributed by atoms with E-state index in [4.69, 9.17) is 15.6 Å². The van der Waals surface area contributed by atoms with Gasteiger partial charge >= 0.3 is 5.97 Å². The van der Waals surface area contributed by atoms with Crippen molar-refractivity contribution in [2.24, 2.45) is 5.73 Å². The van der Waals surface area contributed by atoms with Crippen molar-refractivity contribution in [3.05, 3.63) is 10.1 Å². The van der Waals surface area contributed by atoms with E-state index in [1.54, 1.807) is 0 Å². The predicted molar refractivity (Wildman–Crippen MR) is 74.7 cm³/mol. The van der Waals surface area contributed by atoms with Gasteiger partial charge in [-0.05, 0) is 0 Å². The fraction of sp³-hybridized carbons (Fsp3) is 0.700. The van der Waals surface area contributed by atoms with Crippen LogP contribution in [0.2, 0.25) is 0 Å². The SMILES string of the molecule is N[C@@H](CSCC(=O)C(=O)NCCOCCO[N+](=O)[O-])C(=O)O. The molecule has 0 rings (SSSR count). The number of nitrogens with one attached hydrogen (secondary N) is 1. The van der Waals surface area contributed by atoms with E-state index in [1.165, 1.54) is 0 Å². The lowest BCUT2D eigenvalue weighted by Crippen LogP contribution is -2.36. The second-order valence-electron chi connectivity index (χ2n) is 3.81. The quantitative estimate of drug-likeness (QED) is 0.148. The normalized spacial score (nSPS) is 11.5. The number of hydrogen-bond acceptors (Lipinski definition) is 9. The Kier molecular flexibility index (Phi) is 10.7. The summed E-state index contributed by atoms with van der Waals surface area (Å²) < 4.78 is 4.91. The molecule has 0 aromatic carbocycles. The number of nitrogens with zero attached hydrogens (tertiary/aromatic N) is 1. The molecule has 22 heavy (non-hydrogen) atoms. The number of thioether (sulfide) groups is 1. The number of Topliss-reactive ketones (excluding diaryl/α,β-unsaturated/α-hetero) is 1. The fourth-order valence-corrected chi connectivity index (χ4v) is 1.85. The van der Waals surface area contributed by atoms with Gasteiger partial charge in [0.25, 0.3) is 11.0 Å². The number of nitrogens with two attached hydrogens (primary N) is 1. The molecule has 0 aliphatic carbocycles. The number of aliphatic carboxylic acids is 1. The van der Waals surface area contributed by atoms with Gasteiger partial charge in [0.15, 0.2) is 0 Å². The summed E-state index contributed by atoms with van der Waals surface area (Å²) in [7, 11) is 0. The zero-order chi connectivity index (χ0) is 17.0. The van der Waals surface area contributed by atoms with Gasteiger partial charge in [-0.15, -0.1) is 10.1 Å². The first kappa shape index (κ1) is 20.1. The van der Waals surface area contributed by atoms with Gasteiger partial charge in [0.2, 0.25) is 5.78 Å². The number of carboxylic acid groups (broad SMARTS) is 1. The van der Waals surface area contributed by atoms with Crippen LogP contribution in [-0.2, 0) is 24.0 Å². The Hall–Kier alpha value is -1.92. The van der Waals surface area contributed by atoms with Crippen molar-refractivity contribution in [1.29, 1.82) is 0 Å². The molecule has 0 saturated carbocycles. The van der Waals surface area contributed by atoms with Crippen LogP contribution in [0.15, 0.2) is 0 Å². The zero-order valence-corrected chi connectivity index (χ0v) is 12.4. The number of ketones is 1. The molecule has 0 aliphatic heterocycles. The first-order valence-electron chi connectivity index (χ1n) is 6.06. The molecule has 1 amide bonds. The number of carbonyl (C=O) groups excluding carboxylic acids is 2. The maximum Gasteiger partial charge on any atom is 0.321 e. The van der Waals surface area contributed by atoms with Crippen LogP contribution in [0, 0.1) is 10.1 Å². The van der Waals surface area contributed by atoms with Crippen molar-refractivity contribution < 1.29 is 34.2 Å². The summed E-state index contributed by atoms with van der Waals surface area (Å²) in [6.45, 7) is -0.118. The maximum absolute atomic E-state index is 11.4. The zero-order valence-electron chi connectivity index (χ0n) is 11.6. The second kappa shape index (κ2) is 11.7. The molecule has 0 saturated heterocycles. The molecule has 0 unspecified atom stereocenters. The van der Waals surface area contributed by atoms with Crippen LogP contribution < -0.4 is 11.1 Å². The minimum Gasteiger partial charge on any atom is -0.480 e. The van der Waals surface area contributed by atoms with Crippen LogP contribution in [0.4, 0.5) is 0 Å². The Morgan fingerprint density at radius 3 is 2.59 bits per heavy atom. The highest BCUT2D eigenvalue weighted by Gasteiger charge is 2.16. The Morgan fingerprint density at radius 1 is 1.32 bits per heavy atom. The van der Waals surface area contributed by atoms with Gasteiger partial charge in [0.05, 0.1) is 19.0 Å². The first-order valence-corrected chi connectivity index (χ1v) is 7.22. The monoisotopic (exact) mass is 339 g/mol. The summed E-state index contributed by atoms with van der Waals surface area (Å²) in [4.78, 5) is 46.9. The average Bonchev–Trinajstić information content (AvgIpc) is 2.45. The minimum absolute atomic E-state index is 0.0201. The highest BCUT2D eigenvalue weighted by Crippen LogP contribution is 2.02. The summed E-state index contributed by atoms with van der Waals surface area (Å²) in [5.41, 5.74) is 5.23. The van der Waals surface area contributed by atoms with E-state index in [-0.39, 0.29) is 37.9 Å². The topological polar surface area (TPSA) is 171 Å². The Bertz CT molecular complexity index is 406. The predicted octanol–water partition coefficient (Wildman–Crippen LogP) is -1.96. The average molecular weight is 339 g/mol. The van der Waals surface area contributed by atoms with Crippen molar-refractivity contribution in [2.45, 2.75) is 6.04 Å². The van der Waals surface area contributed by atoms with Gasteiger partial charge in [0, 0.05) is 12.3 Å². The number of rotatable bonds is 13. The van der Waals surface area contributed by atoms with E-state index in [2.05, 4.69) is 10.2 Å². The number of carbonyl (C=O) groups is 3.